The van der Waals surface area contributed by atoms with Gasteiger partial charge in [0.25, 0.3) is 0 Å². The van der Waals surface area contributed by atoms with Gasteiger partial charge in [0, 0.05) is 15.6 Å². The quantitative estimate of drug-likeness (QED) is 0.237. The fraction of sp³-hybridized carbons (Fsp3) is 0.148. The van der Waals surface area contributed by atoms with Crippen molar-refractivity contribution in [3.05, 3.63) is 105 Å². The summed E-state index contributed by atoms with van der Waals surface area (Å²) < 4.78 is 11.6. The molecule has 3 aromatic rings. The fourth-order valence-electron chi connectivity index (χ4n) is 3.27. The van der Waals surface area contributed by atoms with Crippen LogP contribution < -0.4 is 4.74 Å². The molecular formula is C27H22BrNO4. The van der Waals surface area contributed by atoms with Gasteiger partial charge >= 0.3 is 11.9 Å². The summed E-state index contributed by atoms with van der Waals surface area (Å²) in [6, 6.07) is 21.8. The molecule has 0 spiro atoms. The molecule has 0 amide bonds. The van der Waals surface area contributed by atoms with E-state index in [4.69, 9.17) is 9.47 Å². The molecule has 0 bridgehead atoms. The first-order valence-electron chi connectivity index (χ1n) is 10.4. The molecule has 5 nitrogen and oxygen atoms in total. The van der Waals surface area contributed by atoms with Crippen LogP contribution in [0.5, 0.6) is 5.75 Å². The Kier molecular flexibility index (Phi) is 6.29. The van der Waals surface area contributed by atoms with Gasteiger partial charge < -0.3 is 9.47 Å². The van der Waals surface area contributed by atoms with Gasteiger partial charge in [0.05, 0.1) is 5.56 Å². The summed E-state index contributed by atoms with van der Waals surface area (Å²) in [6.45, 7) is 6.41. The van der Waals surface area contributed by atoms with E-state index >= 15 is 0 Å². The summed E-state index contributed by atoms with van der Waals surface area (Å²) in [5.74, 6) is -0.506. The van der Waals surface area contributed by atoms with Gasteiger partial charge in [-0.25, -0.2) is 14.6 Å². The van der Waals surface area contributed by atoms with E-state index in [9.17, 15) is 9.59 Å². The molecule has 166 valence electrons. The highest BCUT2D eigenvalue weighted by atomic mass is 79.9. The lowest BCUT2D eigenvalue weighted by Crippen LogP contribution is -2.11. The molecule has 1 aliphatic heterocycles. The standard InChI is InChI=1S/C27H22BrNO4/c1-27(2,3)19-14-12-17(13-15-19)24-29-22(26(31)33-24)16-18-8-4-7-11-23(18)32-25(30)20-9-5-6-10-21(20)28/h4-16H,1-3H3/b22-16-. The number of carbonyl (C=O) groups is 2. The summed E-state index contributed by atoms with van der Waals surface area (Å²) in [6.07, 6.45) is 1.56. The topological polar surface area (TPSA) is 65.0 Å². The molecule has 0 saturated heterocycles. The smallest absolute Gasteiger partial charge is 0.363 e. The van der Waals surface area contributed by atoms with Crippen molar-refractivity contribution in [3.8, 4) is 5.75 Å². The summed E-state index contributed by atoms with van der Waals surface area (Å²) in [4.78, 5) is 29.5. The van der Waals surface area contributed by atoms with E-state index in [2.05, 4.69) is 41.7 Å². The summed E-state index contributed by atoms with van der Waals surface area (Å²) in [5, 5.41) is 0. The van der Waals surface area contributed by atoms with E-state index < -0.39 is 11.9 Å². The lowest BCUT2D eigenvalue weighted by atomic mass is 9.87. The van der Waals surface area contributed by atoms with Crippen LogP contribution in [0.15, 0.2) is 88.0 Å². The molecule has 1 aliphatic rings. The number of para-hydroxylation sites is 1. The highest BCUT2D eigenvalue weighted by Crippen LogP contribution is 2.27. The number of carbonyl (C=O) groups excluding carboxylic acids is 2. The normalized spacial score (nSPS) is 14.7. The molecule has 3 aromatic carbocycles. The first kappa shape index (κ1) is 22.7. The van der Waals surface area contributed by atoms with Crippen molar-refractivity contribution in [2.24, 2.45) is 4.99 Å². The van der Waals surface area contributed by atoms with Crippen LogP contribution >= 0.6 is 15.9 Å². The maximum absolute atomic E-state index is 12.6. The highest BCUT2D eigenvalue weighted by molar-refractivity contribution is 9.10. The molecule has 0 fully saturated rings. The maximum atomic E-state index is 12.6. The molecule has 6 heteroatoms. The molecule has 1 heterocycles. The Morgan fingerprint density at radius 2 is 1.64 bits per heavy atom. The van der Waals surface area contributed by atoms with Gasteiger partial charge in [-0.15, -0.1) is 0 Å². The fourth-order valence-corrected chi connectivity index (χ4v) is 3.71. The third-order valence-corrected chi connectivity index (χ3v) is 5.82. The second-order valence-electron chi connectivity index (χ2n) is 8.57. The van der Waals surface area contributed by atoms with Crippen molar-refractivity contribution in [2.45, 2.75) is 26.2 Å². The first-order chi connectivity index (χ1) is 15.7. The summed E-state index contributed by atoms with van der Waals surface area (Å²) in [7, 11) is 0. The Hall–Kier alpha value is -3.51. The van der Waals surface area contributed by atoms with Gasteiger partial charge in [-0.05, 0) is 63.3 Å². The van der Waals surface area contributed by atoms with E-state index in [-0.39, 0.29) is 17.0 Å². The molecule has 0 atom stereocenters. The van der Waals surface area contributed by atoms with Crippen molar-refractivity contribution in [1.82, 2.24) is 0 Å². The van der Waals surface area contributed by atoms with Crippen LogP contribution in [0.2, 0.25) is 0 Å². The zero-order chi connectivity index (χ0) is 23.6. The van der Waals surface area contributed by atoms with Crippen molar-refractivity contribution < 1.29 is 19.1 Å². The molecule has 0 N–H and O–H groups in total. The van der Waals surface area contributed by atoms with Crippen molar-refractivity contribution in [2.75, 3.05) is 0 Å². The highest BCUT2D eigenvalue weighted by Gasteiger charge is 2.25. The minimum Gasteiger partial charge on any atom is -0.422 e. The number of aliphatic imine (C=N–C) groups is 1. The minimum absolute atomic E-state index is 0.0221. The van der Waals surface area contributed by atoms with Crippen LogP contribution in [0.4, 0.5) is 0 Å². The largest absolute Gasteiger partial charge is 0.422 e. The molecule has 0 saturated carbocycles. The van der Waals surface area contributed by atoms with Gasteiger partial charge in [0.2, 0.25) is 5.90 Å². The molecule has 0 aromatic heterocycles. The number of nitrogens with zero attached hydrogens (tertiary/aromatic N) is 1. The van der Waals surface area contributed by atoms with Crippen molar-refractivity contribution in [1.29, 1.82) is 0 Å². The summed E-state index contributed by atoms with van der Waals surface area (Å²) in [5.41, 5.74) is 2.99. The molecule has 0 aliphatic carbocycles. The zero-order valence-corrected chi connectivity index (χ0v) is 20.0. The van der Waals surface area contributed by atoms with Crippen LogP contribution in [0.25, 0.3) is 6.08 Å². The molecular weight excluding hydrogens is 482 g/mol. The maximum Gasteiger partial charge on any atom is 0.363 e. The Bertz CT molecular complexity index is 1280. The third-order valence-electron chi connectivity index (χ3n) is 5.13. The molecule has 0 radical (unpaired) electrons. The Balaban J connectivity index is 1.60. The van der Waals surface area contributed by atoms with Gasteiger partial charge in [-0.2, -0.15) is 0 Å². The Labute approximate surface area is 200 Å². The SMILES string of the molecule is CC(C)(C)c1ccc(C2=N/C(=C\c3ccccc3OC(=O)c3ccccc3Br)C(=O)O2)cc1. The van der Waals surface area contributed by atoms with Crippen LogP contribution in [0, 0.1) is 0 Å². The van der Waals surface area contributed by atoms with E-state index in [0.29, 0.717) is 26.9 Å². The first-order valence-corrected chi connectivity index (χ1v) is 11.2. The number of rotatable bonds is 4. The van der Waals surface area contributed by atoms with Gasteiger partial charge in [-0.1, -0.05) is 63.2 Å². The lowest BCUT2D eigenvalue weighted by molar-refractivity contribution is -0.129. The molecule has 33 heavy (non-hydrogen) atoms. The Morgan fingerprint density at radius 1 is 0.970 bits per heavy atom. The number of cyclic esters (lactones) is 1. The number of benzene rings is 3. The van der Waals surface area contributed by atoms with E-state index in [0.717, 1.165) is 0 Å². The number of hydrogen-bond acceptors (Lipinski definition) is 5. The number of ether oxygens (including phenoxy) is 2. The van der Waals surface area contributed by atoms with E-state index in [1.165, 1.54) is 5.56 Å². The average Bonchev–Trinajstić information content (AvgIpc) is 3.15. The lowest BCUT2D eigenvalue weighted by Gasteiger charge is -2.18. The minimum atomic E-state index is -0.558. The van der Waals surface area contributed by atoms with Crippen molar-refractivity contribution >= 4 is 39.8 Å². The third kappa shape index (κ3) is 5.12. The van der Waals surface area contributed by atoms with Crippen LogP contribution in [-0.2, 0) is 14.9 Å². The predicted octanol–water partition coefficient (Wildman–Crippen LogP) is 6.31. The van der Waals surface area contributed by atoms with E-state index in [1.54, 1.807) is 48.5 Å². The van der Waals surface area contributed by atoms with Gasteiger partial charge in [0.15, 0.2) is 5.70 Å². The monoisotopic (exact) mass is 503 g/mol. The van der Waals surface area contributed by atoms with Gasteiger partial charge in [0.1, 0.15) is 5.75 Å². The van der Waals surface area contributed by atoms with Crippen LogP contribution in [0.1, 0.15) is 47.8 Å². The Morgan fingerprint density at radius 3 is 2.33 bits per heavy atom. The van der Waals surface area contributed by atoms with Gasteiger partial charge in [-0.3, -0.25) is 0 Å². The second-order valence-corrected chi connectivity index (χ2v) is 9.42. The molecule has 4 rings (SSSR count). The molecule has 0 unspecified atom stereocenters. The number of hydrogen-bond donors (Lipinski definition) is 0. The number of halogens is 1. The average molecular weight is 504 g/mol. The zero-order valence-electron chi connectivity index (χ0n) is 18.5. The van der Waals surface area contributed by atoms with Crippen molar-refractivity contribution in [3.63, 3.8) is 0 Å². The number of esters is 2. The second kappa shape index (κ2) is 9.16. The van der Waals surface area contributed by atoms with Crippen LogP contribution in [0.3, 0.4) is 0 Å². The van der Waals surface area contributed by atoms with E-state index in [1.807, 2.05) is 30.3 Å². The summed E-state index contributed by atoms with van der Waals surface area (Å²) >= 11 is 3.36. The predicted molar refractivity (Wildman–Crippen MR) is 131 cm³/mol. The van der Waals surface area contributed by atoms with Crippen LogP contribution in [-0.4, -0.2) is 17.8 Å².